The monoisotopic (exact) mass is 512 g/mol. The first-order valence-corrected chi connectivity index (χ1v) is 11.4. The standard InChI is InChI=1S/C23H18Cl2N6O4/c24-16-4-1-5-28-22(16)35-12-13-3-2-8-30(13)21-17(25)9-14-19(32)15(23(33)34)11-31(20(14)29-21)18-10-26-6-7-27-18/h1,4-7,9-11,13H,2-3,8,12H2,(H,33,34)/t13-/m1/s1. The van der Waals surface area contributed by atoms with Gasteiger partial charge in [-0.2, -0.15) is 0 Å². The summed E-state index contributed by atoms with van der Waals surface area (Å²) in [4.78, 5) is 43.8. The van der Waals surface area contributed by atoms with Crippen LogP contribution < -0.4 is 15.1 Å². The van der Waals surface area contributed by atoms with Gasteiger partial charge in [0.2, 0.25) is 11.3 Å². The van der Waals surface area contributed by atoms with Crippen LogP contribution in [0.3, 0.4) is 0 Å². The lowest BCUT2D eigenvalue weighted by molar-refractivity contribution is 0.0695. The highest BCUT2D eigenvalue weighted by molar-refractivity contribution is 6.33. The minimum atomic E-state index is -1.36. The molecule has 4 aromatic heterocycles. The molecule has 0 unspecified atom stereocenters. The van der Waals surface area contributed by atoms with E-state index in [1.807, 2.05) is 4.90 Å². The van der Waals surface area contributed by atoms with Gasteiger partial charge in [0.1, 0.15) is 23.0 Å². The molecule has 4 aromatic rings. The molecule has 1 aliphatic rings. The average molecular weight is 513 g/mol. The summed E-state index contributed by atoms with van der Waals surface area (Å²) in [5, 5.41) is 10.3. The van der Waals surface area contributed by atoms with Gasteiger partial charge in [0.25, 0.3) is 0 Å². The number of carbonyl (C=O) groups is 1. The van der Waals surface area contributed by atoms with E-state index in [9.17, 15) is 14.7 Å². The van der Waals surface area contributed by atoms with E-state index in [1.165, 1.54) is 35.4 Å². The molecule has 35 heavy (non-hydrogen) atoms. The summed E-state index contributed by atoms with van der Waals surface area (Å²) < 4.78 is 7.29. The predicted octanol–water partition coefficient (Wildman–Crippen LogP) is 3.62. The van der Waals surface area contributed by atoms with Crippen LogP contribution in [-0.2, 0) is 0 Å². The van der Waals surface area contributed by atoms with E-state index in [0.717, 1.165) is 12.8 Å². The molecule has 0 saturated carbocycles. The van der Waals surface area contributed by atoms with Crippen molar-refractivity contribution in [2.24, 2.45) is 0 Å². The van der Waals surface area contributed by atoms with E-state index in [0.29, 0.717) is 35.7 Å². The van der Waals surface area contributed by atoms with Crippen molar-refractivity contribution in [1.29, 1.82) is 0 Å². The van der Waals surface area contributed by atoms with E-state index >= 15 is 0 Å². The second kappa shape index (κ2) is 9.47. The third-order valence-electron chi connectivity index (χ3n) is 5.73. The second-order valence-corrected chi connectivity index (χ2v) is 8.68. The Labute approximate surface area is 208 Å². The fourth-order valence-corrected chi connectivity index (χ4v) is 4.53. The Morgan fingerprint density at radius 2 is 2.06 bits per heavy atom. The van der Waals surface area contributed by atoms with Gasteiger partial charge in [-0.15, -0.1) is 0 Å². The first kappa shape index (κ1) is 23.0. The maximum atomic E-state index is 12.9. The minimum absolute atomic E-state index is 0.0643. The van der Waals surface area contributed by atoms with Gasteiger partial charge in [0.15, 0.2) is 11.5 Å². The fraction of sp³-hybridized carbons (Fsp3) is 0.217. The minimum Gasteiger partial charge on any atom is -0.477 e. The van der Waals surface area contributed by atoms with E-state index in [2.05, 4.69) is 15.0 Å². The number of aromatic nitrogens is 5. The fourth-order valence-electron chi connectivity index (χ4n) is 4.10. The first-order chi connectivity index (χ1) is 16.9. The normalized spacial score (nSPS) is 15.5. The topological polar surface area (TPSA) is 123 Å². The lowest BCUT2D eigenvalue weighted by atomic mass is 10.2. The molecule has 1 saturated heterocycles. The van der Waals surface area contributed by atoms with E-state index < -0.39 is 17.0 Å². The molecule has 0 aliphatic carbocycles. The van der Waals surface area contributed by atoms with Gasteiger partial charge in [-0.3, -0.25) is 14.3 Å². The smallest absolute Gasteiger partial charge is 0.341 e. The molecule has 5 heterocycles. The molecule has 10 nitrogen and oxygen atoms in total. The van der Waals surface area contributed by atoms with Crippen LogP contribution in [0.1, 0.15) is 23.2 Å². The predicted molar refractivity (Wildman–Crippen MR) is 130 cm³/mol. The van der Waals surface area contributed by atoms with Crippen LogP contribution in [0.25, 0.3) is 16.9 Å². The number of carboxylic acid groups (broad SMARTS) is 1. The van der Waals surface area contributed by atoms with Crippen molar-refractivity contribution in [3.63, 3.8) is 0 Å². The Morgan fingerprint density at radius 3 is 2.80 bits per heavy atom. The van der Waals surface area contributed by atoms with Crippen molar-refractivity contribution in [1.82, 2.24) is 24.5 Å². The van der Waals surface area contributed by atoms with Gasteiger partial charge < -0.3 is 14.7 Å². The van der Waals surface area contributed by atoms with Gasteiger partial charge in [-0.05, 0) is 31.0 Å². The number of pyridine rings is 3. The summed E-state index contributed by atoms with van der Waals surface area (Å²) in [6, 6.07) is 4.81. The number of fused-ring (bicyclic) bond motifs is 1. The lowest BCUT2D eigenvalue weighted by Gasteiger charge is -2.27. The zero-order valence-corrected chi connectivity index (χ0v) is 19.6. The zero-order valence-electron chi connectivity index (χ0n) is 18.1. The highest BCUT2D eigenvalue weighted by Crippen LogP contribution is 2.33. The molecule has 1 N–H and O–H groups in total. The summed E-state index contributed by atoms with van der Waals surface area (Å²) in [7, 11) is 0. The molecule has 0 aromatic carbocycles. The molecular formula is C23H18Cl2N6O4. The highest BCUT2D eigenvalue weighted by atomic mass is 35.5. The lowest BCUT2D eigenvalue weighted by Crippen LogP contribution is -2.35. The van der Waals surface area contributed by atoms with Crippen molar-refractivity contribution in [2.75, 3.05) is 18.1 Å². The van der Waals surface area contributed by atoms with Crippen LogP contribution in [0.4, 0.5) is 5.82 Å². The Kier molecular flexibility index (Phi) is 6.23. The van der Waals surface area contributed by atoms with Gasteiger partial charge in [0.05, 0.1) is 22.6 Å². The van der Waals surface area contributed by atoms with Crippen LogP contribution in [0.5, 0.6) is 5.88 Å². The maximum absolute atomic E-state index is 12.9. The van der Waals surface area contributed by atoms with Crippen molar-refractivity contribution in [2.45, 2.75) is 18.9 Å². The molecule has 0 bridgehead atoms. The molecule has 1 fully saturated rings. The number of aromatic carboxylic acids is 1. The van der Waals surface area contributed by atoms with Gasteiger partial charge in [-0.25, -0.2) is 19.7 Å². The number of nitrogens with zero attached hydrogens (tertiary/aromatic N) is 6. The Bertz CT molecular complexity index is 1480. The third-order valence-corrected chi connectivity index (χ3v) is 6.29. The molecule has 12 heteroatoms. The van der Waals surface area contributed by atoms with Crippen LogP contribution in [0, 0.1) is 0 Å². The maximum Gasteiger partial charge on any atom is 0.341 e. The van der Waals surface area contributed by atoms with E-state index in [-0.39, 0.29) is 22.1 Å². The number of rotatable bonds is 6. The Balaban J connectivity index is 1.58. The number of halogens is 2. The van der Waals surface area contributed by atoms with Gasteiger partial charge in [-0.1, -0.05) is 23.2 Å². The summed E-state index contributed by atoms with van der Waals surface area (Å²) in [5.41, 5.74) is -0.882. The Hall–Kier alpha value is -3.76. The van der Waals surface area contributed by atoms with Gasteiger partial charge in [0, 0.05) is 31.3 Å². The van der Waals surface area contributed by atoms with Crippen LogP contribution >= 0.6 is 23.2 Å². The van der Waals surface area contributed by atoms with Crippen molar-refractivity contribution >= 4 is 46.0 Å². The average Bonchev–Trinajstić information content (AvgIpc) is 3.32. The zero-order chi connectivity index (χ0) is 24.5. The van der Waals surface area contributed by atoms with E-state index in [4.69, 9.17) is 32.9 Å². The quantitative estimate of drug-likeness (QED) is 0.412. The summed E-state index contributed by atoms with van der Waals surface area (Å²) in [6.07, 6.45) is 8.93. The molecule has 5 rings (SSSR count). The van der Waals surface area contributed by atoms with Crippen molar-refractivity contribution < 1.29 is 14.6 Å². The molecule has 178 valence electrons. The molecule has 0 radical (unpaired) electrons. The van der Waals surface area contributed by atoms with Crippen LogP contribution in [0.2, 0.25) is 10.0 Å². The van der Waals surface area contributed by atoms with Crippen LogP contribution in [0.15, 0.2) is 54.0 Å². The van der Waals surface area contributed by atoms with E-state index in [1.54, 1.807) is 18.3 Å². The van der Waals surface area contributed by atoms with Crippen molar-refractivity contribution in [3.8, 4) is 11.7 Å². The highest BCUT2D eigenvalue weighted by Gasteiger charge is 2.30. The van der Waals surface area contributed by atoms with Crippen LogP contribution in [-0.4, -0.2) is 54.8 Å². The van der Waals surface area contributed by atoms with Crippen molar-refractivity contribution in [3.05, 3.63) is 75.0 Å². The molecular weight excluding hydrogens is 495 g/mol. The molecule has 0 spiro atoms. The third kappa shape index (κ3) is 4.38. The number of carboxylic acids is 1. The molecule has 0 amide bonds. The summed E-state index contributed by atoms with van der Waals surface area (Å²) in [6.45, 7) is 0.979. The summed E-state index contributed by atoms with van der Waals surface area (Å²) in [5.74, 6) is -0.250. The number of anilines is 1. The second-order valence-electron chi connectivity index (χ2n) is 7.87. The van der Waals surface area contributed by atoms with Gasteiger partial charge >= 0.3 is 5.97 Å². The summed E-state index contributed by atoms with van der Waals surface area (Å²) >= 11 is 12.8. The SMILES string of the molecule is O=C(O)c1cn(-c2cnccn2)c2nc(N3CCC[C@@H]3COc3ncccc3Cl)c(Cl)cc2c1=O. The molecule has 1 atom stereocenters. The number of hydrogen-bond donors (Lipinski definition) is 1. The largest absolute Gasteiger partial charge is 0.477 e. The first-order valence-electron chi connectivity index (χ1n) is 10.7. The number of ether oxygens (including phenoxy) is 1. The molecule has 1 aliphatic heterocycles. The Morgan fingerprint density at radius 1 is 1.20 bits per heavy atom. The number of hydrogen-bond acceptors (Lipinski definition) is 8.